The maximum atomic E-state index is 12.9. The third-order valence-corrected chi connectivity index (χ3v) is 5.69. The second-order valence-electron chi connectivity index (χ2n) is 6.90. The number of ketones is 1. The molecule has 0 bridgehead atoms. The highest BCUT2D eigenvalue weighted by Gasteiger charge is 2.16. The van der Waals surface area contributed by atoms with Gasteiger partial charge in [-0.2, -0.15) is 0 Å². The fourth-order valence-electron chi connectivity index (χ4n) is 3.26. The van der Waals surface area contributed by atoms with Crippen molar-refractivity contribution in [1.82, 2.24) is 14.5 Å². The van der Waals surface area contributed by atoms with Gasteiger partial charge < -0.3 is 5.32 Å². The van der Waals surface area contributed by atoms with Gasteiger partial charge in [-0.1, -0.05) is 0 Å². The van der Waals surface area contributed by atoms with Gasteiger partial charge in [-0.3, -0.25) is 19.0 Å². The molecule has 0 atom stereocenters. The Balaban J connectivity index is 1.62. The molecule has 1 aromatic carbocycles. The monoisotopic (exact) mass is 406 g/mol. The summed E-state index contributed by atoms with van der Waals surface area (Å²) in [7, 11) is 0. The number of carbonyl (C=O) groups excluding carboxylic acids is 2. The molecule has 3 heterocycles. The number of benzene rings is 1. The lowest BCUT2D eigenvalue weighted by atomic mass is 10.1. The van der Waals surface area contributed by atoms with Crippen LogP contribution in [0, 0.1) is 13.8 Å². The molecule has 0 fully saturated rings. The van der Waals surface area contributed by atoms with Crippen LogP contribution in [-0.4, -0.2) is 26.2 Å². The number of fused-ring (bicyclic) bond motifs is 3. The number of carbonyl (C=O) groups is 2. The Morgan fingerprint density at radius 3 is 2.59 bits per heavy atom. The van der Waals surface area contributed by atoms with Crippen LogP contribution in [0.5, 0.6) is 0 Å². The van der Waals surface area contributed by atoms with Crippen molar-refractivity contribution in [2.45, 2.75) is 27.3 Å². The van der Waals surface area contributed by atoms with Crippen LogP contribution >= 0.6 is 11.3 Å². The largest absolute Gasteiger partial charge is 0.325 e. The molecule has 7 nitrogen and oxygen atoms in total. The molecule has 0 spiro atoms. The minimum atomic E-state index is -0.352. The van der Waals surface area contributed by atoms with E-state index in [4.69, 9.17) is 0 Å². The van der Waals surface area contributed by atoms with E-state index in [9.17, 15) is 14.4 Å². The molecule has 1 amide bonds. The molecule has 8 heteroatoms. The van der Waals surface area contributed by atoms with Gasteiger partial charge in [-0.25, -0.2) is 9.97 Å². The van der Waals surface area contributed by atoms with Gasteiger partial charge in [0.2, 0.25) is 5.91 Å². The minimum absolute atomic E-state index is 0.0444. The number of nitrogens with zero attached hydrogens (tertiary/aromatic N) is 3. The number of amides is 1. The highest BCUT2D eigenvalue weighted by molar-refractivity contribution is 7.25. The number of nitrogens with one attached hydrogen (secondary N) is 1. The van der Waals surface area contributed by atoms with Crippen LogP contribution in [0.15, 0.2) is 41.5 Å². The second-order valence-corrected chi connectivity index (χ2v) is 7.90. The highest BCUT2D eigenvalue weighted by atomic mass is 32.1. The molecule has 4 rings (SSSR count). The third kappa shape index (κ3) is 3.54. The van der Waals surface area contributed by atoms with Crippen LogP contribution in [0.1, 0.15) is 28.5 Å². The van der Waals surface area contributed by atoms with E-state index in [0.29, 0.717) is 21.5 Å². The van der Waals surface area contributed by atoms with E-state index < -0.39 is 0 Å². The predicted molar refractivity (Wildman–Crippen MR) is 114 cm³/mol. The number of rotatable bonds is 4. The summed E-state index contributed by atoms with van der Waals surface area (Å²) in [6.45, 7) is 5.21. The molecule has 0 aliphatic rings. The van der Waals surface area contributed by atoms with Crippen LogP contribution in [0.4, 0.5) is 5.69 Å². The zero-order chi connectivity index (χ0) is 20.7. The predicted octanol–water partition coefficient (Wildman–Crippen LogP) is 3.46. The average Bonchev–Trinajstić information content (AvgIpc) is 3.04. The van der Waals surface area contributed by atoms with Gasteiger partial charge in [-0.05, 0) is 56.7 Å². The smallest absolute Gasteiger partial charge is 0.271 e. The Morgan fingerprint density at radius 2 is 1.90 bits per heavy atom. The Hall–Kier alpha value is -3.39. The number of aryl methyl sites for hydroxylation is 2. The minimum Gasteiger partial charge on any atom is -0.325 e. The first kappa shape index (κ1) is 18.9. The fraction of sp³-hybridized carbons (Fsp3) is 0.190. The summed E-state index contributed by atoms with van der Waals surface area (Å²) >= 11 is 1.30. The summed E-state index contributed by atoms with van der Waals surface area (Å²) in [5.74, 6) is -0.396. The van der Waals surface area contributed by atoms with E-state index in [0.717, 1.165) is 21.5 Å². The van der Waals surface area contributed by atoms with E-state index in [1.807, 2.05) is 19.9 Å². The molecular weight excluding hydrogens is 388 g/mol. The lowest BCUT2D eigenvalue weighted by Crippen LogP contribution is -2.27. The number of Topliss-reactive ketones (excluding diaryl/α,β-unsaturated/α-hetero) is 1. The van der Waals surface area contributed by atoms with Crippen LogP contribution in [0.25, 0.3) is 20.4 Å². The maximum Gasteiger partial charge on any atom is 0.271 e. The van der Waals surface area contributed by atoms with Gasteiger partial charge in [0.1, 0.15) is 16.1 Å². The van der Waals surface area contributed by atoms with Crippen LogP contribution in [0.2, 0.25) is 0 Å². The van der Waals surface area contributed by atoms with E-state index in [1.54, 1.807) is 24.3 Å². The number of thiophene rings is 1. The quantitative estimate of drug-likeness (QED) is 0.524. The summed E-state index contributed by atoms with van der Waals surface area (Å²) in [5.41, 5.74) is 3.39. The van der Waals surface area contributed by atoms with Crippen LogP contribution < -0.4 is 10.9 Å². The molecule has 0 unspecified atom stereocenters. The summed E-state index contributed by atoms with van der Waals surface area (Å²) < 4.78 is 1.78. The van der Waals surface area contributed by atoms with E-state index in [2.05, 4.69) is 15.3 Å². The zero-order valence-corrected chi connectivity index (χ0v) is 17.0. The molecule has 4 aromatic rings. The van der Waals surface area contributed by atoms with Crippen molar-refractivity contribution in [3.05, 3.63) is 63.8 Å². The molecule has 0 aliphatic carbocycles. The molecule has 146 valence electrons. The zero-order valence-electron chi connectivity index (χ0n) is 16.1. The van der Waals surface area contributed by atoms with Gasteiger partial charge >= 0.3 is 0 Å². The van der Waals surface area contributed by atoms with Crippen LogP contribution in [0.3, 0.4) is 0 Å². The molecule has 0 aliphatic heterocycles. The van der Waals surface area contributed by atoms with Crippen molar-refractivity contribution in [3.63, 3.8) is 0 Å². The van der Waals surface area contributed by atoms with E-state index >= 15 is 0 Å². The Morgan fingerprint density at radius 1 is 1.17 bits per heavy atom. The Bertz CT molecular complexity index is 1340. The lowest BCUT2D eigenvalue weighted by molar-refractivity contribution is -0.116. The molecule has 1 N–H and O–H groups in total. The first-order valence-electron chi connectivity index (χ1n) is 9.00. The number of hydrogen-bond acceptors (Lipinski definition) is 6. The number of pyridine rings is 1. The van der Waals surface area contributed by atoms with Crippen molar-refractivity contribution in [2.24, 2.45) is 0 Å². The van der Waals surface area contributed by atoms with Crippen molar-refractivity contribution in [2.75, 3.05) is 5.32 Å². The number of hydrogen-bond donors (Lipinski definition) is 1. The normalized spacial score (nSPS) is 11.1. The molecular formula is C21H18N4O3S. The molecule has 3 aromatic heterocycles. The van der Waals surface area contributed by atoms with E-state index in [-0.39, 0.29) is 23.8 Å². The molecule has 0 radical (unpaired) electrons. The fourth-order valence-corrected chi connectivity index (χ4v) is 4.46. The van der Waals surface area contributed by atoms with Gasteiger partial charge in [0.15, 0.2) is 5.78 Å². The topological polar surface area (TPSA) is 93.9 Å². The van der Waals surface area contributed by atoms with Gasteiger partial charge in [0.25, 0.3) is 5.56 Å². The van der Waals surface area contributed by atoms with Crippen molar-refractivity contribution >= 4 is 49.1 Å². The summed E-state index contributed by atoms with van der Waals surface area (Å²) in [5, 5.41) is 3.61. The highest BCUT2D eigenvalue weighted by Crippen LogP contribution is 2.31. The summed E-state index contributed by atoms with van der Waals surface area (Å²) in [6.07, 6.45) is 1.40. The first-order chi connectivity index (χ1) is 13.8. The number of aromatic nitrogens is 3. The van der Waals surface area contributed by atoms with Gasteiger partial charge in [0, 0.05) is 22.3 Å². The molecule has 29 heavy (non-hydrogen) atoms. The number of anilines is 1. The van der Waals surface area contributed by atoms with E-state index in [1.165, 1.54) is 29.2 Å². The maximum absolute atomic E-state index is 12.9. The summed E-state index contributed by atoms with van der Waals surface area (Å²) in [6, 6.07) is 8.56. The van der Waals surface area contributed by atoms with Crippen molar-refractivity contribution in [1.29, 1.82) is 0 Å². The average molecular weight is 406 g/mol. The van der Waals surface area contributed by atoms with Gasteiger partial charge in [-0.15, -0.1) is 11.3 Å². The standard InChI is InChI=1S/C21H18N4O3S/c1-11-8-12(2)23-20-17(11)18-19(29-20)21(28)25(10-22-18)9-16(27)24-15-6-4-14(5-7-15)13(3)26/h4-8,10H,9H2,1-3H3,(H,24,27). The first-order valence-corrected chi connectivity index (χ1v) is 9.82. The van der Waals surface area contributed by atoms with Crippen molar-refractivity contribution in [3.8, 4) is 0 Å². The lowest BCUT2D eigenvalue weighted by Gasteiger charge is -2.07. The SMILES string of the molecule is CC(=O)c1ccc(NC(=O)Cn2cnc3c(sc4nc(C)cc(C)c43)c2=O)cc1. The third-order valence-electron chi connectivity index (χ3n) is 4.63. The Kier molecular flexibility index (Phi) is 4.71. The van der Waals surface area contributed by atoms with Gasteiger partial charge in [0.05, 0.1) is 11.8 Å². The Labute approximate surface area is 170 Å². The molecule has 0 saturated carbocycles. The second kappa shape index (κ2) is 7.21. The van der Waals surface area contributed by atoms with Crippen LogP contribution in [-0.2, 0) is 11.3 Å². The summed E-state index contributed by atoms with van der Waals surface area (Å²) in [4.78, 5) is 46.3. The molecule has 0 saturated heterocycles. The van der Waals surface area contributed by atoms with Crippen molar-refractivity contribution < 1.29 is 9.59 Å².